The summed E-state index contributed by atoms with van der Waals surface area (Å²) in [4.78, 5) is 41.9. The fourth-order valence-electron chi connectivity index (χ4n) is 0.851. The van der Waals surface area contributed by atoms with Crippen LogP contribution in [0.25, 0.3) is 0 Å². The molecule has 0 fully saturated rings. The maximum absolute atomic E-state index is 11.2. The summed E-state index contributed by atoms with van der Waals surface area (Å²) in [5, 5.41) is 15.4. The molecule has 0 amide bonds. The number of likely N-dealkylation sites (N-methyl/N-ethyl adjacent to an activating group) is 1. The zero-order valence-corrected chi connectivity index (χ0v) is 10.3. The smallest absolute Gasteiger partial charge is 0.374 e. The highest BCUT2D eigenvalue weighted by Gasteiger charge is 2.20. The van der Waals surface area contributed by atoms with Crippen molar-refractivity contribution in [3.8, 4) is 0 Å². The van der Waals surface area contributed by atoms with E-state index in [-0.39, 0.29) is 25.3 Å². The van der Waals surface area contributed by atoms with Gasteiger partial charge in [-0.05, 0) is 6.42 Å². The Balaban J connectivity index is 3.98. The van der Waals surface area contributed by atoms with E-state index in [9.17, 15) is 14.4 Å². The zero-order valence-electron chi connectivity index (χ0n) is 10.3. The predicted octanol–water partition coefficient (Wildman–Crippen LogP) is -1.99. The van der Waals surface area contributed by atoms with E-state index in [4.69, 9.17) is 22.0 Å². The van der Waals surface area contributed by atoms with Crippen molar-refractivity contribution in [2.24, 2.45) is 11.5 Å². The first-order valence-electron chi connectivity index (χ1n) is 5.17. The summed E-state index contributed by atoms with van der Waals surface area (Å²) < 4.78 is 0. The van der Waals surface area contributed by atoms with Crippen molar-refractivity contribution in [2.45, 2.75) is 18.9 Å². The van der Waals surface area contributed by atoms with Gasteiger partial charge in [0.2, 0.25) is 0 Å². The maximum atomic E-state index is 11.2. The van der Waals surface area contributed by atoms with Gasteiger partial charge in [-0.25, -0.2) is 19.4 Å². The molecule has 10 nitrogen and oxygen atoms in total. The number of carbonyl (C=O) groups excluding carboxylic acids is 2. The topological polar surface area (TPSA) is 169 Å². The molecular formula is C9H16N4O6. The number of aliphatic carboxylic acids is 1. The van der Waals surface area contributed by atoms with Gasteiger partial charge in [-0.2, -0.15) is 0 Å². The highest BCUT2D eigenvalue weighted by Crippen LogP contribution is 1.98. The lowest BCUT2D eigenvalue weighted by Gasteiger charge is -2.14. The van der Waals surface area contributed by atoms with E-state index in [1.165, 1.54) is 7.05 Å². The molecule has 0 heterocycles. The molecule has 0 rings (SSSR count). The largest absolute Gasteiger partial charge is 0.481 e. The van der Waals surface area contributed by atoms with Crippen LogP contribution in [0.2, 0.25) is 0 Å². The number of carboxylic acid groups (broad SMARTS) is 1. The quantitative estimate of drug-likeness (QED) is 0.185. The van der Waals surface area contributed by atoms with Gasteiger partial charge in [-0.1, -0.05) is 0 Å². The van der Waals surface area contributed by atoms with Crippen LogP contribution in [0.15, 0.2) is 0 Å². The Kier molecular flexibility index (Phi) is 6.89. The van der Waals surface area contributed by atoms with Crippen LogP contribution in [0, 0.1) is 5.41 Å². The lowest BCUT2D eigenvalue weighted by molar-refractivity contribution is -0.260. The minimum Gasteiger partial charge on any atom is -0.481 e. The molecule has 19 heavy (non-hydrogen) atoms. The summed E-state index contributed by atoms with van der Waals surface area (Å²) in [6.45, 7) is -0.382. The van der Waals surface area contributed by atoms with Crippen LogP contribution in [-0.2, 0) is 24.2 Å². The number of rotatable bonds is 6. The molecule has 0 aliphatic carbocycles. The summed E-state index contributed by atoms with van der Waals surface area (Å²) in [6, 6.07) is -1.20. The molecule has 0 aliphatic rings. The summed E-state index contributed by atoms with van der Waals surface area (Å²) in [5.74, 6) is -3.47. The Hall–Kier alpha value is -2.36. The van der Waals surface area contributed by atoms with Gasteiger partial charge >= 0.3 is 17.9 Å². The Morgan fingerprint density at radius 3 is 2.42 bits per heavy atom. The molecule has 0 aromatic carbocycles. The van der Waals surface area contributed by atoms with Crippen LogP contribution >= 0.6 is 0 Å². The molecule has 0 aliphatic heterocycles. The molecule has 0 unspecified atom stereocenters. The van der Waals surface area contributed by atoms with Crippen LogP contribution in [0.1, 0.15) is 12.8 Å². The van der Waals surface area contributed by atoms with Crippen molar-refractivity contribution >= 4 is 23.9 Å². The Morgan fingerprint density at radius 2 is 1.95 bits per heavy atom. The number of hydrogen-bond acceptors (Lipinski definition) is 7. The summed E-state index contributed by atoms with van der Waals surface area (Å²) in [6.07, 6.45) is -0.448. The normalized spacial score (nSPS) is 11.3. The van der Waals surface area contributed by atoms with Crippen molar-refractivity contribution in [1.29, 1.82) is 5.41 Å². The zero-order chi connectivity index (χ0) is 15.0. The highest BCUT2D eigenvalue weighted by atomic mass is 17.2. The lowest BCUT2D eigenvalue weighted by atomic mass is 10.2. The molecule has 0 saturated carbocycles. The first kappa shape index (κ1) is 16.6. The third kappa shape index (κ3) is 7.54. The van der Waals surface area contributed by atoms with Crippen LogP contribution in [0.5, 0.6) is 0 Å². The molecule has 1 atom stereocenters. The number of nitrogens with one attached hydrogen (secondary N) is 1. The second-order valence-corrected chi connectivity index (χ2v) is 3.64. The Bertz CT molecular complexity index is 372. The van der Waals surface area contributed by atoms with E-state index >= 15 is 0 Å². The van der Waals surface area contributed by atoms with Crippen LogP contribution in [-0.4, -0.2) is 53.5 Å². The van der Waals surface area contributed by atoms with Gasteiger partial charge < -0.3 is 21.5 Å². The van der Waals surface area contributed by atoms with E-state index in [1.807, 2.05) is 0 Å². The van der Waals surface area contributed by atoms with Gasteiger partial charge in [0.05, 0.1) is 0 Å². The van der Waals surface area contributed by atoms with E-state index in [0.717, 1.165) is 4.90 Å². The molecule has 0 spiro atoms. The van der Waals surface area contributed by atoms with Crippen molar-refractivity contribution < 1.29 is 29.3 Å². The number of nitrogens with two attached hydrogens (primary N) is 2. The molecule has 0 aromatic rings. The Labute approximate surface area is 108 Å². The number of nitrogens with zero attached hydrogens (tertiary/aromatic N) is 1. The molecular weight excluding hydrogens is 260 g/mol. The van der Waals surface area contributed by atoms with Crippen LogP contribution in [0.3, 0.4) is 0 Å². The predicted molar refractivity (Wildman–Crippen MR) is 61.6 cm³/mol. The fourth-order valence-corrected chi connectivity index (χ4v) is 0.851. The van der Waals surface area contributed by atoms with E-state index < -0.39 is 23.9 Å². The first-order valence-corrected chi connectivity index (χ1v) is 5.17. The van der Waals surface area contributed by atoms with E-state index in [1.54, 1.807) is 0 Å². The first-order chi connectivity index (χ1) is 8.73. The number of guanidine groups is 1. The fraction of sp³-hybridized carbons (Fsp3) is 0.556. The molecule has 10 heteroatoms. The van der Waals surface area contributed by atoms with Gasteiger partial charge in [-0.15, -0.1) is 0 Å². The molecule has 0 bridgehead atoms. The van der Waals surface area contributed by atoms with E-state index in [0.29, 0.717) is 0 Å². The molecule has 6 N–H and O–H groups in total. The number of carbonyl (C=O) groups is 3. The number of hydrogen-bond donors (Lipinski definition) is 4. The summed E-state index contributed by atoms with van der Waals surface area (Å²) >= 11 is 0. The summed E-state index contributed by atoms with van der Waals surface area (Å²) in [5.41, 5.74) is 10.4. The van der Waals surface area contributed by atoms with Gasteiger partial charge in [0, 0.05) is 13.5 Å². The summed E-state index contributed by atoms with van der Waals surface area (Å²) in [7, 11) is 1.37. The van der Waals surface area contributed by atoms with Gasteiger partial charge in [-0.3, -0.25) is 10.2 Å². The van der Waals surface area contributed by atoms with Crippen molar-refractivity contribution in [3.63, 3.8) is 0 Å². The average molecular weight is 276 g/mol. The monoisotopic (exact) mass is 276 g/mol. The second-order valence-electron chi connectivity index (χ2n) is 3.64. The second kappa shape index (κ2) is 7.87. The minimum absolute atomic E-state index is 0.140. The minimum atomic E-state index is -1.20. The van der Waals surface area contributed by atoms with Gasteiger partial charge in [0.1, 0.15) is 12.6 Å². The van der Waals surface area contributed by atoms with E-state index in [2.05, 4.69) is 9.78 Å². The average Bonchev–Trinajstić information content (AvgIpc) is 2.32. The van der Waals surface area contributed by atoms with Crippen LogP contribution in [0.4, 0.5) is 0 Å². The van der Waals surface area contributed by atoms with Crippen molar-refractivity contribution in [1.82, 2.24) is 4.90 Å². The van der Waals surface area contributed by atoms with Crippen molar-refractivity contribution in [2.75, 3.05) is 13.6 Å². The molecule has 0 aromatic heterocycles. The molecule has 0 saturated heterocycles. The van der Waals surface area contributed by atoms with Crippen LogP contribution < -0.4 is 11.5 Å². The maximum Gasteiger partial charge on any atom is 0.374 e. The highest BCUT2D eigenvalue weighted by molar-refractivity contribution is 5.81. The molecule has 108 valence electrons. The third-order valence-electron chi connectivity index (χ3n) is 1.97. The standard InChI is InChI=1S/C9H16N4O6/c1-13(9(11)12)4-7(16)18-19-8(17)5(10)2-3-6(14)15/h5H,2-4,10H2,1H3,(H3,11,12)(H,14,15)/t5-/m1/s1. The lowest BCUT2D eigenvalue weighted by Crippen LogP contribution is -2.38. The third-order valence-corrected chi connectivity index (χ3v) is 1.97. The number of carboxylic acids is 1. The Morgan fingerprint density at radius 1 is 1.37 bits per heavy atom. The van der Waals surface area contributed by atoms with Gasteiger partial charge in [0.15, 0.2) is 5.96 Å². The SMILES string of the molecule is CN(CC(=O)OOC(=O)[C@H](N)CCC(=O)O)C(=N)N. The molecule has 0 radical (unpaired) electrons. The van der Waals surface area contributed by atoms with Crippen molar-refractivity contribution in [3.05, 3.63) is 0 Å². The van der Waals surface area contributed by atoms with Gasteiger partial charge in [0.25, 0.3) is 0 Å².